The van der Waals surface area contributed by atoms with E-state index in [9.17, 15) is 61.1 Å². The lowest BCUT2D eigenvalue weighted by molar-refractivity contribution is -0.0748. The summed E-state index contributed by atoms with van der Waals surface area (Å²) in [5.41, 5.74) is -4.15. The molecule has 0 fully saturated rings. The molecule has 0 aliphatic carbocycles. The molecular weight excluding hydrogens is 478 g/mol. The van der Waals surface area contributed by atoms with Crippen LogP contribution in [-0.4, -0.2) is 94.5 Å². The van der Waals surface area contributed by atoms with Gasteiger partial charge in [-0.05, 0) is 14.1 Å². The van der Waals surface area contributed by atoms with Gasteiger partial charge < -0.3 is 5.32 Å². The van der Waals surface area contributed by atoms with Crippen LogP contribution >= 0.6 is 0 Å². The van der Waals surface area contributed by atoms with Crippen molar-refractivity contribution >= 4 is 10.1 Å². The maximum absolute atomic E-state index is 13.3. The van der Waals surface area contributed by atoms with Crippen molar-refractivity contribution in [2.24, 2.45) is 0 Å². The molecule has 0 saturated heterocycles. The van der Waals surface area contributed by atoms with Gasteiger partial charge in [0.1, 0.15) is 0 Å². The predicted molar refractivity (Wildman–Crippen MR) is 81.5 cm³/mol. The molecule has 0 aliphatic heterocycles. The topological polar surface area (TPSA) is 66.4 Å². The summed E-state index contributed by atoms with van der Waals surface area (Å²) in [6.45, 7) is 0. The maximum Gasteiger partial charge on any atom is 0.300 e. The van der Waals surface area contributed by atoms with Crippen LogP contribution in [0.25, 0.3) is 0 Å². The van der Waals surface area contributed by atoms with E-state index in [1.807, 2.05) is 14.1 Å². The molecule has 10 atom stereocenters. The van der Waals surface area contributed by atoms with Crippen molar-refractivity contribution < 1.29 is 65.7 Å². The van der Waals surface area contributed by atoms with Gasteiger partial charge in [0, 0.05) is 0 Å². The number of hydrogen-bond acceptors (Lipinski definition) is 3. The second-order valence-electron chi connectivity index (χ2n) is 5.70. The van der Waals surface area contributed by atoms with Crippen molar-refractivity contribution in [3.05, 3.63) is 0 Å². The molecule has 0 rings (SSSR count). The second kappa shape index (κ2) is 13.4. The van der Waals surface area contributed by atoms with E-state index in [4.69, 9.17) is 4.55 Å². The Balaban J connectivity index is 0. The molecule has 184 valence electrons. The smallest absolute Gasteiger partial charge is 0.300 e. The average molecular weight is 497 g/mol. The first-order valence-electron chi connectivity index (χ1n) is 7.70. The third kappa shape index (κ3) is 9.03. The van der Waals surface area contributed by atoms with Crippen molar-refractivity contribution in [2.45, 2.75) is 67.5 Å². The molecule has 10 unspecified atom stereocenters. The van der Waals surface area contributed by atoms with Crippen LogP contribution in [0.4, 0.5) is 52.7 Å². The summed E-state index contributed by atoms with van der Waals surface area (Å²) in [4.78, 5) is 0. The summed E-state index contributed by atoms with van der Waals surface area (Å²) in [5, 5.41) is 2.75. The minimum atomic E-state index is -5.95. The summed E-state index contributed by atoms with van der Waals surface area (Å²) in [6.07, 6.45) is -41.4. The zero-order chi connectivity index (χ0) is 24.6. The van der Waals surface area contributed by atoms with Gasteiger partial charge in [0.05, 0.1) is 0 Å². The molecule has 0 aromatic carbocycles. The molecule has 0 spiro atoms. The SMILES string of the molecule is CNC.O=S(=O)(O)C(F)C(F)C(F)C(F)C(F)C(F)C(F)C(F)C(F)C(F)C(F)F. The first kappa shape index (κ1) is 31.2. The third-order valence-electron chi connectivity index (χ3n) is 3.21. The van der Waals surface area contributed by atoms with E-state index in [-0.39, 0.29) is 0 Å². The molecule has 30 heavy (non-hydrogen) atoms. The quantitative estimate of drug-likeness (QED) is 0.340. The van der Waals surface area contributed by atoms with E-state index in [0.717, 1.165) is 0 Å². The van der Waals surface area contributed by atoms with Crippen LogP contribution in [0, 0.1) is 0 Å². The van der Waals surface area contributed by atoms with E-state index in [2.05, 4.69) is 5.32 Å². The molecule has 0 amide bonds. The van der Waals surface area contributed by atoms with Crippen LogP contribution in [0.3, 0.4) is 0 Å². The Morgan fingerprint density at radius 1 is 0.533 bits per heavy atom. The number of rotatable bonds is 11. The highest BCUT2D eigenvalue weighted by Crippen LogP contribution is 2.30. The second-order valence-corrected chi connectivity index (χ2v) is 7.18. The summed E-state index contributed by atoms with van der Waals surface area (Å²) < 4.78 is 183. The highest BCUT2D eigenvalue weighted by Gasteiger charge is 2.51. The van der Waals surface area contributed by atoms with E-state index in [0.29, 0.717) is 0 Å². The molecule has 0 heterocycles. The fourth-order valence-corrected chi connectivity index (χ4v) is 2.16. The fraction of sp³-hybridized carbons (Fsp3) is 1.00. The Labute approximate surface area is 163 Å². The van der Waals surface area contributed by atoms with Gasteiger partial charge in [-0.15, -0.1) is 0 Å². The van der Waals surface area contributed by atoms with E-state index in [1.54, 1.807) is 0 Å². The van der Waals surface area contributed by atoms with Gasteiger partial charge in [-0.25, -0.2) is 52.7 Å². The summed E-state index contributed by atoms with van der Waals surface area (Å²) in [6, 6.07) is 0. The van der Waals surface area contributed by atoms with Crippen LogP contribution in [0.5, 0.6) is 0 Å². The highest BCUT2D eigenvalue weighted by molar-refractivity contribution is 7.86. The average Bonchev–Trinajstić information content (AvgIpc) is 2.67. The van der Waals surface area contributed by atoms with Crippen molar-refractivity contribution in [1.29, 1.82) is 0 Å². The van der Waals surface area contributed by atoms with Crippen molar-refractivity contribution in [2.75, 3.05) is 14.1 Å². The molecule has 2 N–H and O–H groups in total. The zero-order valence-electron chi connectivity index (χ0n) is 15.1. The minimum Gasteiger partial charge on any atom is -0.323 e. The van der Waals surface area contributed by atoms with Crippen LogP contribution in [0.15, 0.2) is 0 Å². The van der Waals surface area contributed by atoms with Gasteiger partial charge in [-0.1, -0.05) is 0 Å². The van der Waals surface area contributed by atoms with E-state index in [1.165, 1.54) is 0 Å². The van der Waals surface area contributed by atoms with Crippen LogP contribution in [0.2, 0.25) is 0 Å². The van der Waals surface area contributed by atoms with Gasteiger partial charge in [-0.3, -0.25) is 4.55 Å². The summed E-state index contributed by atoms with van der Waals surface area (Å²) >= 11 is 0. The Morgan fingerprint density at radius 3 is 0.933 bits per heavy atom. The Kier molecular flexibility index (Phi) is 14.0. The Hall–Kier alpha value is -0.970. The van der Waals surface area contributed by atoms with Crippen LogP contribution < -0.4 is 5.32 Å². The third-order valence-corrected chi connectivity index (χ3v) is 4.04. The normalized spacial score (nSPS) is 22.5. The minimum absolute atomic E-state index is 1.88. The van der Waals surface area contributed by atoms with Crippen LogP contribution in [0.1, 0.15) is 0 Å². The first-order chi connectivity index (χ1) is 13.5. The summed E-state index contributed by atoms with van der Waals surface area (Å²) in [7, 11) is -2.20. The zero-order valence-corrected chi connectivity index (χ0v) is 15.9. The Bertz CT molecular complexity index is 574. The first-order valence-corrected chi connectivity index (χ1v) is 9.21. The number of alkyl halides is 12. The van der Waals surface area contributed by atoms with Gasteiger partial charge in [-0.2, -0.15) is 8.42 Å². The Morgan fingerprint density at radius 2 is 0.733 bits per heavy atom. The molecule has 0 saturated carbocycles. The molecule has 0 aromatic rings. The highest BCUT2D eigenvalue weighted by atomic mass is 32.2. The van der Waals surface area contributed by atoms with Gasteiger partial charge >= 0.3 is 10.1 Å². The van der Waals surface area contributed by atoms with Gasteiger partial charge in [0.2, 0.25) is 0 Å². The molecule has 4 nitrogen and oxygen atoms in total. The fourth-order valence-electron chi connectivity index (χ4n) is 1.68. The van der Waals surface area contributed by atoms with Crippen molar-refractivity contribution in [3.63, 3.8) is 0 Å². The molecular formula is C13H19F12NO3S. The van der Waals surface area contributed by atoms with Crippen molar-refractivity contribution in [1.82, 2.24) is 5.32 Å². The predicted octanol–water partition coefficient (Wildman–Crippen LogP) is 3.31. The van der Waals surface area contributed by atoms with Gasteiger partial charge in [0.25, 0.3) is 11.9 Å². The number of hydrogen-bond donors (Lipinski definition) is 2. The van der Waals surface area contributed by atoms with Crippen LogP contribution in [-0.2, 0) is 10.1 Å². The van der Waals surface area contributed by atoms with Gasteiger partial charge in [0.15, 0.2) is 55.5 Å². The lowest BCUT2D eigenvalue weighted by Crippen LogP contribution is -2.50. The van der Waals surface area contributed by atoms with Crippen molar-refractivity contribution in [3.8, 4) is 0 Å². The lowest BCUT2D eigenvalue weighted by atomic mass is 9.97. The van der Waals surface area contributed by atoms with E-state index >= 15 is 0 Å². The summed E-state index contributed by atoms with van der Waals surface area (Å²) in [5.74, 6) is 0. The standard InChI is InChI=1S/C11H12F12O3S.C2H7N/c12-1(2(13)4(15)6(17)8(19)10(21)22)3(14)5(16)7(18)9(20)11(23)27(24,25)26;1-3-2/h1-11H,(H,24,25,26);3H,1-2H3. The number of nitrogens with one attached hydrogen (secondary N) is 1. The molecule has 0 aromatic heterocycles. The number of halogens is 12. The largest absolute Gasteiger partial charge is 0.323 e. The van der Waals surface area contributed by atoms with E-state index < -0.39 is 77.6 Å². The molecule has 0 radical (unpaired) electrons. The molecule has 0 bridgehead atoms. The lowest BCUT2D eigenvalue weighted by Gasteiger charge is -2.27. The molecule has 0 aliphatic rings. The monoisotopic (exact) mass is 497 g/mol. The molecule has 17 heteroatoms. The maximum atomic E-state index is 13.3.